The lowest BCUT2D eigenvalue weighted by molar-refractivity contribution is -0.386. The predicted molar refractivity (Wildman–Crippen MR) is 74.3 cm³/mol. The summed E-state index contributed by atoms with van der Waals surface area (Å²) in [6.45, 7) is 1.29. The van der Waals surface area contributed by atoms with Crippen LogP contribution in [-0.4, -0.2) is 43.5 Å². The molecule has 0 aromatic heterocycles. The minimum Gasteiger partial charge on any atom is -0.502 e. The number of phenols is 1. The molecule has 1 rings (SSSR count). The molecule has 0 spiro atoms. The van der Waals surface area contributed by atoms with Gasteiger partial charge >= 0.3 is 5.69 Å². The van der Waals surface area contributed by atoms with Crippen LogP contribution in [0.4, 0.5) is 5.69 Å². The number of aliphatic hydroxyl groups is 2. The molecule has 0 aliphatic heterocycles. The monoisotopic (exact) mass is 315 g/mol. The maximum atomic E-state index is 10.8. The summed E-state index contributed by atoms with van der Waals surface area (Å²) in [6.07, 6.45) is -2.69. The Hall–Kier alpha value is -1.97. The van der Waals surface area contributed by atoms with E-state index in [2.05, 4.69) is 0 Å². The Morgan fingerprint density at radius 1 is 1.48 bits per heavy atom. The van der Waals surface area contributed by atoms with Gasteiger partial charge in [0.05, 0.1) is 16.6 Å². The zero-order valence-corrected chi connectivity index (χ0v) is 11.7. The lowest BCUT2D eigenvalue weighted by atomic mass is 10.0. The molecule has 3 N–H and O–H groups in total. The van der Waals surface area contributed by atoms with Gasteiger partial charge in [0.25, 0.3) is 0 Å². The zero-order chi connectivity index (χ0) is 16.2. The van der Waals surface area contributed by atoms with Crippen LogP contribution in [0.25, 0.3) is 0 Å². The summed E-state index contributed by atoms with van der Waals surface area (Å²) < 4.78 is 0. The molecule has 8 nitrogen and oxygen atoms in total. The molecule has 1 aromatic rings. The number of nitro groups is 1. The fourth-order valence-corrected chi connectivity index (χ4v) is 2.17. The highest BCUT2D eigenvalue weighted by atomic mass is 32.2. The SMILES string of the molecule is CC(=O)SCC(O)C(O)c1cc(C=O)c(O)c([N+](=O)[O-])c1. The number of aromatic hydroxyl groups is 1. The van der Waals surface area contributed by atoms with Crippen molar-refractivity contribution in [1.82, 2.24) is 0 Å². The van der Waals surface area contributed by atoms with E-state index in [1.54, 1.807) is 0 Å². The number of benzene rings is 1. The fourth-order valence-electron chi connectivity index (χ4n) is 1.58. The van der Waals surface area contributed by atoms with Crippen molar-refractivity contribution in [2.45, 2.75) is 19.1 Å². The molecule has 1 aromatic carbocycles. The molecule has 114 valence electrons. The van der Waals surface area contributed by atoms with E-state index in [0.29, 0.717) is 0 Å². The van der Waals surface area contributed by atoms with E-state index in [0.717, 1.165) is 23.9 Å². The molecule has 0 amide bonds. The van der Waals surface area contributed by atoms with Gasteiger partial charge in [-0.3, -0.25) is 19.7 Å². The van der Waals surface area contributed by atoms with E-state index in [-0.39, 0.29) is 28.3 Å². The summed E-state index contributed by atoms with van der Waals surface area (Å²) in [5.74, 6) is -0.916. The number of carbonyl (C=O) groups is 2. The maximum absolute atomic E-state index is 10.8. The molecule has 9 heteroatoms. The smallest absolute Gasteiger partial charge is 0.311 e. The van der Waals surface area contributed by atoms with E-state index in [1.807, 2.05) is 0 Å². The highest BCUT2D eigenvalue weighted by molar-refractivity contribution is 8.13. The van der Waals surface area contributed by atoms with E-state index in [1.165, 1.54) is 6.92 Å². The number of nitro benzene ring substituents is 1. The lowest BCUT2D eigenvalue weighted by Gasteiger charge is -2.17. The molecule has 2 atom stereocenters. The van der Waals surface area contributed by atoms with Crippen LogP contribution in [0.15, 0.2) is 12.1 Å². The molecule has 0 saturated carbocycles. The highest BCUT2D eigenvalue weighted by Crippen LogP contribution is 2.33. The third kappa shape index (κ3) is 4.25. The maximum Gasteiger partial charge on any atom is 0.311 e. The number of nitrogens with zero attached hydrogens (tertiary/aromatic N) is 1. The first-order valence-corrected chi connectivity index (χ1v) is 6.72. The molecule has 2 unspecified atom stereocenters. The normalized spacial score (nSPS) is 13.5. The van der Waals surface area contributed by atoms with Gasteiger partial charge in [0, 0.05) is 18.7 Å². The van der Waals surface area contributed by atoms with E-state index >= 15 is 0 Å². The average Bonchev–Trinajstić information content (AvgIpc) is 2.43. The Morgan fingerprint density at radius 3 is 2.57 bits per heavy atom. The topological polar surface area (TPSA) is 138 Å². The Morgan fingerprint density at radius 2 is 2.10 bits per heavy atom. The minimum atomic E-state index is -1.53. The average molecular weight is 315 g/mol. The molecule has 0 radical (unpaired) electrons. The van der Waals surface area contributed by atoms with Crippen LogP contribution in [0, 0.1) is 10.1 Å². The second-order valence-corrected chi connectivity index (χ2v) is 5.36. The van der Waals surface area contributed by atoms with Gasteiger partial charge in [-0.2, -0.15) is 0 Å². The number of hydrogen-bond donors (Lipinski definition) is 3. The first-order valence-electron chi connectivity index (χ1n) is 5.74. The van der Waals surface area contributed by atoms with Gasteiger partial charge in [-0.1, -0.05) is 11.8 Å². The number of aliphatic hydroxyl groups excluding tert-OH is 2. The molecule has 21 heavy (non-hydrogen) atoms. The molecular formula is C12H13NO7S. The summed E-state index contributed by atoms with van der Waals surface area (Å²) in [6, 6.07) is 1.91. The van der Waals surface area contributed by atoms with Crippen molar-refractivity contribution in [2.75, 3.05) is 5.75 Å². The van der Waals surface area contributed by atoms with Crippen LogP contribution < -0.4 is 0 Å². The van der Waals surface area contributed by atoms with Gasteiger partial charge in [0.1, 0.15) is 6.10 Å². The predicted octanol–water partition coefficient (Wildman–Crippen LogP) is 0.787. The highest BCUT2D eigenvalue weighted by Gasteiger charge is 2.25. The van der Waals surface area contributed by atoms with E-state index in [9.17, 15) is 35.0 Å². The van der Waals surface area contributed by atoms with Crippen LogP contribution in [-0.2, 0) is 4.79 Å². The summed E-state index contributed by atoms with van der Waals surface area (Å²) >= 11 is 0.784. The Labute approximate surface area is 123 Å². The zero-order valence-electron chi connectivity index (χ0n) is 10.9. The van der Waals surface area contributed by atoms with Gasteiger partial charge in [-0.15, -0.1) is 0 Å². The number of rotatable bonds is 6. The number of thioether (sulfide) groups is 1. The Kier molecular flexibility index (Phi) is 5.82. The summed E-state index contributed by atoms with van der Waals surface area (Å²) in [5, 5.41) is 39.7. The van der Waals surface area contributed by atoms with Crippen molar-refractivity contribution in [3.05, 3.63) is 33.4 Å². The Balaban J connectivity index is 3.11. The molecule has 0 saturated heterocycles. The largest absolute Gasteiger partial charge is 0.502 e. The molecule has 0 bridgehead atoms. The third-order valence-electron chi connectivity index (χ3n) is 2.63. The van der Waals surface area contributed by atoms with Gasteiger partial charge in [-0.25, -0.2) is 0 Å². The van der Waals surface area contributed by atoms with Gasteiger partial charge < -0.3 is 15.3 Å². The third-order valence-corrected chi connectivity index (χ3v) is 3.54. The van der Waals surface area contributed by atoms with Crippen LogP contribution in [0.1, 0.15) is 28.9 Å². The molecule has 0 heterocycles. The van der Waals surface area contributed by atoms with Crippen LogP contribution in [0.2, 0.25) is 0 Å². The van der Waals surface area contributed by atoms with Crippen molar-refractivity contribution in [3.8, 4) is 5.75 Å². The second kappa shape index (κ2) is 7.16. The first kappa shape index (κ1) is 17.1. The standard InChI is InChI=1S/C12H13NO7S/c1-6(15)21-5-10(16)12(18)7-2-8(4-14)11(17)9(3-7)13(19)20/h2-4,10,12,16-18H,5H2,1H3. The molecular weight excluding hydrogens is 302 g/mol. The summed E-state index contributed by atoms with van der Waals surface area (Å²) in [7, 11) is 0. The van der Waals surface area contributed by atoms with E-state index in [4.69, 9.17) is 0 Å². The summed E-state index contributed by atoms with van der Waals surface area (Å²) in [5.41, 5.74) is -1.22. The molecule has 0 fully saturated rings. The minimum absolute atomic E-state index is 0.0988. The molecule has 0 aliphatic carbocycles. The number of aldehydes is 1. The van der Waals surface area contributed by atoms with Crippen molar-refractivity contribution < 1.29 is 29.8 Å². The van der Waals surface area contributed by atoms with Crippen molar-refractivity contribution in [2.24, 2.45) is 0 Å². The first-order chi connectivity index (χ1) is 9.77. The van der Waals surface area contributed by atoms with Gasteiger partial charge in [-0.05, 0) is 11.6 Å². The van der Waals surface area contributed by atoms with Crippen molar-refractivity contribution in [3.63, 3.8) is 0 Å². The van der Waals surface area contributed by atoms with Crippen molar-refractivity contribution in [1.29, 1.82) is 0 Å². The lowest BCUT2D eigenvalue weighted by Crippen LogP contribution is -2.21. The van der Waals surface area contributed by atoms with Gasteiger partial charge in [0.2, 0.25) is 5.75 Å². The van der Waals surface area contributed by atoms with Gasteiger partial charge in [0.15, 0.2) is 11.4 Å². The summed E-state index contributed by atoms with van der Waals surface area (Å²) in [4.78, 5) is 31.5. The van der Waals surface area contributed by atoms with Crippen LogP contribution >= 0.6 is 11.8 Å². The number of phenolic OH excluding ortho intramolecular Hbond substituents is 1. The van der Waals surface area contributed by atoms with Crippen LogP contribution in [0.3, 0.4) is 0 Å². The second-order valence-electron chi connectivity index (χ2n) is 4.17. The number of hydrogen-bond acceptors (Lipinski definition) is 8. The van der Waals surface area contributed by atoms with E-state index < -0.39 is 28.6 Å². The number of carbonyl (C=O) groups excluding carboxylic acids is 2. The quantitative estimate of drug-likeness (QED) is 0.398. The molecule has 0 aliphatic rings. The van der Waals surface area contributed by atoms with Crippen molar-refractivity contribution >= 4 is 28.9 Å². The Bertz CT molecular complexity index is 575. The fraction of sp³-hybridized carbons (Fsp3) is 0.333. The van der Waals surface area contributed by atoms with Crippen LogP contribution in [0.5, 0.6) is 5.75 Å².